The van der Waals surface area contributed by atoms with Crippen molar-refractivity contribution in [1.29, 1.82) is 0 Å². The number of carbonyl (C=O) groups is 1. The fourth-order valence-corrected chi connectivity index (χ4v) is 1.58. The number of H-pyrrole nitrogens is 1. The number of nitrogens with one attached hydrogen (secondary N) is 2. The zero-order valence-electron chi connectivity index (χ0n) is 9.53. The highest BCUT2D eigenvalue weighted by Gasteiger charge is 2.10. The molecule has 3 N–H and O–H groups in total. The minimum atomic E-state index is -0.274. The quantitative estimate of drug-likeness (QED) is 0.754. The first-order valence-corrected chi connectivity index (χ1v) is 5.36. The molecule has 1 heterocycles. The number of aromatic hydroxyl groups is 1. The van der Waals surface area contributed by atoms with Gasteiger partial charge in [-0.15, -0.1) is 0 Å². The van der Waals surface area contributed by atoms with Gasteiger partial charge in [-0.2, -0.15) is 0 Å². The van der Waals surface area contributed by atoms with Crippen LogP contribution in [0.3, 0.4) is 0 Å². The number of hydrogen-bond acceptors (Lipinski definition) is 2. The van der Waals surface area contributed by atoms with Crippen LogP contribution >= 0.6 is 0 Å². The van der Waals surface area contributed by atoms with Crippen molar-refractivity contribution < 1.29 is 9.90 Å². The standard InChI is InChI=1S/C13H14N2O2/c1-9-2-3-11(12(16)6-9)13(17)15-8-10-4-5-14-7-10/h2-7,14,16H,8H2,1H3,(H,15,17). The molecule has 0 aliphatic carbocycles. The maximum absolute atomic E-state index is 11.8. The highest BCUT2D eigenvalue weighted by Crippen LogP contribution is 2.18. The Labute approximate surface area is 99.3 Å². The predicted octanol–water partition coefficient (Wildman–Crippen LogP) is 1.96. The lowest BCUT2D eigenvalue weighted by Gasteiger charge is -2.06. The van der Waals surface area contributed by atoms with Crippen LogP contribution in [0, 0.1) is 6.92 Å². The molecule has 0 atom stereocenters. The number of aromatic nitrogens is 1. The molecule has 0 spiro atoms. The second-order valence-corrected chi connectivity index (χ2v) is 3.92. The summed E-state index contributed by atoms with van der Waals surface area (Å²) in [5.74, 6) is -0.264. The SMILES string of the molecule is Cc1ccc(C(=O)NCc2cc[nH]c2)c(O)c1. The van der Waals surface area contributed by atoms with E-state index in [2.05, 4.69) is 10.3 Å². The van der Waals surface area contributed by atoms with Crippen molar-refractivity contribution in [3.05, 3.63) is 53.3 Å². The maximum Gasteiger partial charge on any atom is 0.255 e. The van der Waals surface area contributed by atoms with Crippen molar-refractivity contribution >= 4 is 5.91 Å². The molecular weight excluding hydrogens is 216 g/mol. The van der Waals surface area contributed by atoms with Crippen LogP contribution < -0.4 is 5.32 Å². The first-order chi connectivity index (χ1) is 8.16. The Morgan fingerprint density at radius 1 is 1.41 bits per heavy atom. The summed E-state index contributed by atoms with van der Waals surface area (Å²) in [7, 11) is 0. The second-order valence-electron chi connectivity index (χ2n) is 3.92. The topological polar surface area (TPSA) is 65.1 Å². The van der Waals surface area contributed by atoms with Gasteiger partial charge in [0.05, 0.1) is 5.56 Å². The van der Waals surface area contributed by atoms with Gasteiger partial charge in [0.15, 0.2) is 0 Å². The molecule has 4 heteroatoms. The minimum Gasteiger partial charge on any atom is -0.507 e. The molecule has 1 amide bonds. The number of rotatable bonds is 3. The zero-order chi connectivity index (χ0) is 12.3. The molecule has 0 fully saturated rings. The summed E-state index contributed by atoms with van der Waals surface area (Å²) in [4.78, 5) is 14.7. The van der Waals surface area contributed by atoms with E-state index in [1.807, 2.05) is 19.2 Å². The van der Waals surface area contributed by atoms with Gasteiger partial charge >= 0.3 is 0 Å². The molecule has 0 aliphatic rings. The second kappa shape index (κ2) is 4.74. The summed E-state index contributed by atoms with van der Waals surface area (Å²) < 4.78 is 0. The van der Waals surface area contributed by atoms with Gasteiger partial charge in [0.2, 0.25) is 0 Å². The minimum absolute atomic E-state index is 0.0107. The number of hydrogen-bond donors (Lipinski definition) is 3. The molecule has 2 aromatic rings. The first kappa shape index (κ1) is 11.3. The van der Waals surface area contributed by atoms with Crippen molar-refractivity contribution in [3.63, 3.8) is 0 Å². The smallest absolute Gasteiger partial charge is 0.255 e. The number of phenols is 1. The van der Waals surface area contributed by atoms with Crippen molar-refractivity contribution in [1.82, 2.24) is 10.3 Å². The molecule has 2 rings (SSSR count). The third kappa shape index (κ3) is 2.66. The lowest BCUT2D eigenvalue weighted by atomic mass is 10.1. The molecule has 0 aliphatic heterocycles. The number of aryl methyl sites for hydroxylation is 1. The number of aromatic amines is 1. The van der Waals surface area contributed by atoms with E-state index in [0.29, 0.717) is 12.1 Å². The number of carbonyl (C=O) groups excluding carboxylic acids is 1. The summed E-state index contributed by atoms with van der Waals surface area (Å²) in [5.41, 5.74) is 2.21. The van der Waals surface area contributed by atoms with Crippen LogP contribution in [0.1, 0.15) is 21.5 Å². The molecule has 0 saturated carbocycles. The largest absolute Gasteiger partial charge is 0.507 e. The van der Waals surface area contributed by atoms with E-state index in [-0.39, 0.29) is 11.7 Å². The number of benzene rings is 1. The summed E-state index contributed by atoms with van der Waals surface area (Å²) in [6.45, 7) is 2.30. The fraction of sp³-hybridized carbons (Fsp3) is 0.154. The zero-order valence-corrected chi connectivity index (χ0v) is 9.53. The number of phenolic OH excluding ortho intramolecular Hbond substituents is 1. The Balaban J connectivity index is 2.04. The Morgan fingerprint density at radius 3 is 2.88 bits per heavy atom. The van der Waals surface area contributed by atoms with E-state index in [0.717, 1.165) is 11.1 Å². The molecule has 0 radical (unpaired) electrons. The van der Waals surface area contributed by atoms with Crippen LogP contribution in [-0.4, -0.2) is 16.0 Å². The predicted molar refractivity (Wildman–Crippen MR) is 64.8 cm³/mol. The van der Waals surface area contributed by atoms with E-state index in [1.165, 1.54) is 0 Å². The van der Waals surface area contributed by atoms with E-state index in [1.54, 1.807) is 24.4 Å². The van der Waals surface area contributed by atoms with Crippen LogP contribution in [0.15, 0.2) is 36.7 Å². The van der Waals surface area contributed by atoms with Gasteiger partial charge in [-0.1, -0.05) is 6.07 Å². The average Bonchev–Trinajstić information content (AvgIpc) is 2.78. The van der Waals surface area contributed by atoms with Crippen LogP contribution in [0.5, 0.6) is 5.75 Å². The molecule has 0 unspecified atom stereocenters. The first-order valence-electron chi connectivity index (χ1n) is 5.36. The van der Waals surface area contributed by atoms with Crippen LogP contribution in [0.25, 0.3) is 0 Å². The highest BCUT2D eigenvalue weighted by atomic mass is 16.3. The number of amides is 1. The molecule has 4 nitrogen and oxygen atoms in total. The van der Waals surface area contributed by atoms with Gasteiger partial charge in [-0.05, 0) is 36.2 Å². The van der Waals surface area contributed by atoms with Gasteiger partial charge in [0.25, 0.3) is 5.91 Å². The van der Waals surface area contributed by atoms with E-state index < -0.39 is 0 Å². The Bertz CT molecular complexity index is 518. The van der Waals surface area contributed by atoms with Gasteiger partial charge in [-0.3, -0.25) is 4.79 Å². The Hall–Kier alpha value is -2.23. The fourth-order valence-electron chi connectivity index (χ4n) is 1.58. The summed E-state index contributed by atoms with van der Waals surface area (Å²) in [5, 5.41) is 12.4. The van der Waals surface area contributed by atoms with Gasteiger partial charge in [0.1, 0.15) is 5.75 Å². The van der Waals surface area contributed by atoms with Gasteiger partial charge in [-0.25, -0.2) is 0 Å². The molecule has 0 saturated heterocycles. The molecule has 17 heavy (non-hydrogen) atoms. The normalized spacial score (nSPS) is 10.2. The average molecular weight is 230 g/mol. The lowest BCUT2D eigenvalue weighted by Crippen LogP contribution is -2.22. The molecule has 1 aromatic heterocycles. The summed E-state index contributed by atoms with van der Waals surface area (Å²) in [6, 6.07) is 6.88. The van der Waals surface area contributed by atoms with Crippen LogP contribution in [0.2, 0.25) is 0 Å². The molecule has 0 bridgehead atoms. The summed E-state index contributed by atoms with van der Waals surface area (Å²) >= 11 is 0. The summed E-state index contributed by atoms with van der Waals surface area (Å²) in [6.07, 6.45) is 3.61. The molecular formula is C13H14N2O2. The Morgan fingerprint density at radius 2 is 2.24 bits per heavy atom. The van der Waals surface area contributed by atoms with Gasteiger partial charge < -0.3 is 15.4 Å². The van der Waals surface area contributed by atoms with E-state index >= 15 is 0 Å². The van der Waals surface area contributed by atoms with Crippen LogP contribution in [0.4, 0.5) is 0 Å². The van der Waals surface area contributed by atoms with E-state index in [4.69, 9.17) is 0 Å². The molecule has 88 valence electrons. The monoisotopic (exact) mass is 230 g/mol. The van der Waals surface area contributed by atoms with Crippen molar-refractivity contribution in [2.24, 2.45) is 0 Å². The van der Waals surface area contributed by atoms with Crippen molar-refractivity contribution in [2.45, 2.75) is 13.5 Å². The van der Waals surface area contributed by atoms with Crippen molar-refractivity contribution in [2.75, 3.05) is 0 Å². The maximum atomic E-state index is 11.8. The Kier molecular flexibility index (Phi) is 3.14. The molecule has 1 aromatic carbocycles. The van der Waals surface area contributed by atoms with E-state index in [9.17, 15) is 9.90 Å². The van der Waals surface area contributed by atoms with Crippen molar-refractivity contribution in [3.8, 4) is 5.75 Å². The lowest BCUT2D eigenvalue weighted by molar-refractivity contribution is 0.0948. The van der Waals surface area contributed by atoms with Crippen LogP contribution in [-0.2, 0) is 6.54 Å². The third-order valence-electron chi connectivity index (χ3n) is 2.51. The third-order valence-corrected chi connectivity index (χ3v) is 2.51. The highest BCUT2D eigenvalue weighted by molar-refractivity contribution is 5.96. The van der Waals surface area contributed by atoms with Gasteiger partial charge in [0, 0.05) is 18.9 Å².